The van der Waals surface area contributed by atoms with Crippen molar-refractivity contribution in [1.29, 1.82) is 0 Å². The van der Waals surface area contributed by atoms with Crippen molar-refractivity contribution >= 4 is 32.6 Å². The number of aryl methyl sites for hydroxylation is 1. The second-order valence-corrected chi connectivity index (χ2v) is 9.66. The number of ether oxygens (including phenoxy) is 1. The van der Waals surface area contributed by atoms with Gasteiger partial charge in [0.2, 0.25) is 5.88 Å². The predicted molar refractivity (Wildman–Crippen MR) is 124 cm³/mol. The van der Waals surface area contributed by atoms with Crippen LogP contribution in [0.5, 0.6) is 5.88 Å². The smallest absolute Gasteiger partial charge is 0.264 e. The molecule has 0 saturated heterocycles. The second kappa shape index (κ2) is 8.66. The molecule has 0 amide bonds. The van der Waals surface area contributed by atoms with Crippen molar-refractivity contribution in [3.63, 3.8) is 0 Å². The van der Waals surface area contributed by atoms with Crippen molar-refractivity contribution in [1.82, 2.24) is 20.2 Å². The summed E-state index contributed by atoms with van der Waals surface area (Å²) in [6, 6.07) is 10.3. The van der Waals surface area contributed by atoms with Crippen molar-refractivity contribution < 1.29 is 17.5 Å². The van der Waals surface area contributed by atoms with Crippen LogP contribution in [0.3, 0.4) is 0 Å². The van der Waals surface area contributed by atoms with Crippen LogP contribution < -0.4 is 15.2 Å². The molecule has 4 aromatic rings. The van der Waals surface area contributed by atoms with E-state index in [1.807, 2.05) is 13.8 Å². The summed E-state index contributed by atoms with van der Waals surface area (Å²) in [5.74, 6) is 0.417. The third-order valence-electron chi connectivity index (χ3n) is 4.73. The summed E-state index contributed by atoms with van der Waals surface area (Å²) in [6.45, 7) is 6.16. The summed E-state index contributed by atoms with van der Waals surface area (Å²) in [5, 5.41) is 7.28. The van der Waals surface area contributed by atoms with E-state index in [0.717, 1.165) is 6.07 Å². The van der Waals surface area contributed by atoms with Crippen LogP contribution in [-0.4, -0.2) is 35.2 Å². The van der Waals surface area contributed by atoms with Gasteiger partial charge in [-0.1, -0.05) is 19.9 Å². The first-order chi connectivity index (χ1) is 15.6. The maximum absolute atomic E-state index is 14.1. The lowest BCUT2D eigenvalue weighted by Crippen LogP contribution is -2.14. The number of nitrogens with one attached hydrogen (secondary N) is 2. The van der Waals surface area contributed by atoms with Gasteiger partial charge >= 0.3 is 0 Å². The number of hydrogen-bond donors (Lipinski definition) is 3. The van der Waals surface area contributed by atoms with Crippen LogP contribution in [0.1, 0.15) is 19.4 Å². The molecule has 4 rings (SSSR count). The largest absolute Gasteiger partial charge is 0.477 e. The number of nitrogens with two attached hydrogens (primary N) is 1. The average Bonchev–Trinajstić information content (AvgIpc) is 3.14. The van der Waals surface area contributed by atoms with E-state index >= 15 is 0 Å². The van der Waals surface area contributed by atoms with Crippen LogP contribution in [0.25, 0.3) is 22.4 Å². The molecule has 2 aromatic heterocycles. The summed E-state index contributed by atoms with van der Waals surface area (Å²) in [4.78, 5) is 8.50. The number of benzene rings is 2. The molecule has 0 aliphatic heterocycles. The van der Waals surface area contributed by atoms with E-state index in [4.69, 9.17) is 10.5 Å². The number of hydrogen-bond acceptors (Lipinski definition) is 7. The van der Waals surface area contributed by atoms with E-state index in [1.54, 1.807) is 31.2 Å². The zero-order valence-corrected chi connectivity index (χ0v) is 19.1. The Bertz CT molecular complexity index is 1420. The van der Waals surface area contributed by atoms with E-state index in [0.29, 0.717) is 46.3 Å². The Kier molecular flexibility index (Phi) is 5.90. The number of anilines is 2. The molecule has 4 N–H and O–H groups in total. The van der Waals surface area contributed by atoms with Gasteiger partial charge in [-0.25, -0.2) is 17.8 Å². The van der Waals surface area contributed by atoms with Gasteiger partial charge in [0.1, 0.15) is 21.9 Å². The number of nitrogens with zero attached hydrogens (tertiary/aromatic N) is 3. The lowest BCUT2D eigenvalue weighted by atomic mass is 10.2. The number of halogens is 1. The predicted octanol–water partition coefficient (Wildman–Crippen LogP) is 3.89. The molecule has 11 heteroatoms. The lowest BCUT2D eigenvalue weighted by molar-refractivity contribution is 0.265. The van der Waals surface area contributed by atoms with Gasteiger partial charge in [-0.15, -0.1) is 0 Å². The van der Waals surface area contributed by atoms with Gasteiger partial charge in [0.15, 0.2) is 11.5 Å². The molecule has 2 aromatic carbocycles. The lowest BCUT2D eigenvalue weighted by Gasteiger charge is -2.11. The molecule has 0 unspecified atom stereocenters. The van der Waals surface area contributed by atoms with Gasteiger partial charge in [0.05, 0.1) is 6.61 Å². The Morgan fingerprint density at radius 1 is 1.15 bits per heavy atom. The van der Waals surface area contributed by atoms with E-state index < -0.39 is 20.7 Å². The number of H-pyrrole nitrogens is 1. The van der Waals surface area contributed by atoms with Gasteiger partial charge in [-0.05, 0) is 54.8 Å². The Hall–Kier alpha value is -3.73. The first-order valence-electron chi connectivity index (χ1n) is 10.2. The minimum absolute atomic E-state index is 0.265. The zero-order chi connectivity index (χ0) is 23.8. The topological polar surface area (TPSA) is 136 Å². The SMILES string of the molecule is Cc1ccc(F)c(S(=O)(=O)Nc2ccc(-c3nc(OCC(C)C)c4c(N)[nH]nc4n3)cc2)c1. The minimum atomic E-state index is -4.10. The number of nitrogen functional groups attached to an aromatic ring is 1. The van der Waals surface area contributed by atoms with Crippen molar-refractivity contribution in [3.05, 3.63) is 53.8 Å². The number of aromatic nitrogens is 4. The Labute approximate surface area is 190 Å². The molecule has 33 heavy (non-hydrogen) atoms. The van der Waals surface area contributed by atoms with Crippen LogP contribution in [0.4, 0.5) is 15.9 Å². The molecular formula is C22H23FN6O3S. The highest BCUT2D eigenvalue weighted by Gasteiger charge is 2.20. The fourth-order valence-electron chi connectivity index (χ4n) is 3.11. The molecule has 172 valence electrons. The van der Waals surface area contributed by atoms with Gasteiger partial charge in [0, 0.05) is 11.3 Å². The van der Waals surface area contributed by atoms with Crippen LogP contribution in [0.2, 0.25) is 0 Å². The highest BCUT2D eigenvalue weighted by atomic mass is 32.2. The summed E-state index contributed by atoms with van der Waals surface area (Å²) in [7, 11) is -4.10. The third kappa shape index (κ3) is 4.72. The fourth-order valence-corrected chi connectivity index (χ4v) is 4.33. The summed E-state index contributed by atoms with van der Waals surface area (Å²) in [6.07, 6.45) is 0. The molecule has 9 nitrogen and oxygen atoms in total. The molecule has 0 fully saturated rings. The minimum Gasteiger partial charge on any atom is -0.477 e. The van der Waals surface area contributed by atoms with Crippen molar-refractivity contribution in [2.45, 2.75) is 25.7 Å². The van der Waals surface area contributed by atoms with E-state index in [2.05, 4.69) is 24.9 Å². The fraction of sp³-hybridized carbons (Fsp3) is 0.227. The van der Waals surface area contributed by atoms with Crippen LogP contribution >= 0.6 is 0 Å². The number of sulfonamides is 1. The highest BCUT2D eigenvalue weighted by Crippen LogP contribution is 2.30. The molecule has 0 bridgehead atoms. The van der Waals surface area contributed by atoms with E-state index in [9.17, 15) is 12.8 Å². The maximum Gasteiger partial charge on any atom is 0.264 e. The normalized spacial score (nSPS) is 11.8. The first kappa shape index (κ1) is 22.5. The Morgan fingerprint density at radius 3 is 2.58 bits per heavy atom. The molecule has 2 heterocycles. The quantitative estimate of drug-likeness (QED) is 0.373. The number of fused-ring (bicyclic) bond motifs is 1. The standard InChI is InChI=1S/C22H23FN6O3S/c1-12(2)11-32-22-18-19(24)27-28-21(18)25-20(26-22)14-5-7-15(8-6-14)29-33(30,31)17-10-13(3)4-9-16(17)23/h4-10,12,29H,11H2,1-3H3,(H3,24,25,26,27,28). The molecule has 0 radical (unpaired) electrons. The van der Waals surface area contributed by atoms with Gasteiger partial charge < -0.3 is 10.5 Å². The van der Waals surface area contributed by atoms with Gasteiger partial charge in [0.25, 0.3) is 10.0 Å². The highest BCUT2D eigenvalue weighted by molar-refractivity contribution is 7.92. The van der Waals surface area contributed by atoms with Crippen LogP contribution in [0.15, 0.2) is 47.4 Å². The van der Waals surface area contributed by atoms with Crippen molar-refractivity contribution in [2.24, 2.45) is 5.92 Å². The molecule has 0 saturated carbocycles. The Morgan fingerprint density at radius 2 is 1.88 bits per heavy atom. The summed E-state index contributed by atoms with van der Waals surface area (Å²) < 4.78 is 47.6. The number of rotatable bonds is 7. The third-order valence-corrected chi connectivity index (χ3v) is 6.13. The van der Waals surface area contributed by atoms with Crippen LogP contribution in [-0.2, 0) is 10.0 Å². The van der Waals surface area contributed by atoms with Crippen molar-refractivity contribution in [2.75, 3.05) is 17.1 Å². The maximum atomic E-state index is 14.1. The van der Waals surface area contributed by atoms with E-state index in [1.165, 1.54) is 12.1 Å². The molecule has 0 aliphatic carbocycles. The van der Waals surface area contributed by atoms with Crippen molar-refractivity contribution in [3.8, 4) is 17.3 Å². The molecule has 0 atom stereocenters. The zero-order valence-electron chi connectivity index (χ0n) is 18.3. The molecule has 0 spiro atoms. The first-order valence-corrected chi connectivity index (χ1v) is 11.7. The van der Waals surface area contributed by atoms with Crippen LogP contribution in [0, 0.1) is 18.7 Å². The molecular weight excluding hydrogens is 447 g/mol. The summed E-state index contributed by atoms with van der Waals surface area (Å²) >= 11 is 0. The summed E-state index contributed by atoms with van der Waals surface area (Å²) in [5.41, 5.74) is 7.81. The second-order valence-electron chi connectivity index (χ2n) is 8.01. The van der Waals surface area contributed by atoms with Gasteiger partial charge in [-0.3, -0.25) is 9.82 Å². The monoisotopic (exact) mass is 470 g/mol. The average molecular weight is 471 g/mol. The Balaban J connectivity index is 1.64. The van der Waals surface area contributed by atoms with E-state index in [-0.39, 0.29) is 11.6 Å². The number of aromatic amines is 1. The van der Waals surface area contributed by atoms with Gasteiger partial charge in [-0.2, -0.15) is 10.1 Å². The molecule has 0 aliphatic rings.